The van der Waals surface area contributed by atoms with E-state index < -0.39 is 40.0 Å². The van der Waals surface area contributed by atoms with E-state index in [1.165, 1.54) is 18.4 Å². The Morgan fingerprint density at radius 2 is 1.56 bits per heavy atom. The van der Waals surface area contributed by atoms with Crippen molar-refractivity contribution in [3.8, 4) is 0 Å². The van der Waals surface area contributed by atoms with Crippen LogP contribution in [0.3, 0.4) is 0 Å². The number of rotatable bonds is 11. The lowest BCUT2D eigenvalue weighted by Gasteiger charge is -2.54. The summed E-state index contributed by atoms with van der Waals surface area (Å²) >= 11 is 0. The molecule has 3 rings (SSSR count). The second-order valence-corrected chi connectivity index (χ2v) is 28.0. The van der Waals surface area contributed by atoms with Crippen molar-refractivity contribution in [1.29, 1.82) is 0 Å². The summed E-state index contributed by atoms with van der Waals surface area (Å²) in [7, 11) is -3.19. The molecule has 3 aliphatic carbocycles. The summed E-state index contributed by atoms with van der Waals surface area (Å²) in [4.78, 5) is 14.8. The Morgan fingerprint density at radius 3 is 2.06 bits per heavy atom. The van der Waals surface area contributed by atoms with E-state index in [9.17, 15) is 4.79 Å². The van der Waals surface area contributed by atoms with Crippen LogP contribution in [-0.2, 0) is 23.1 Å². The van der Waals surface area contributed by atoms with Gasteiger partial charge in [-0.2, -0.15) is 0 Å². The molecule has 0 N–H and O–H groups in total. The second kappa shape index (κ2) is 14.4. The van der Waals surface area contributed by atoms with Crippen LogP contribution in [0.2, 0.25) is 36.3 Å². The van der Waals surface area contributed by atoms with E-state index in [0.717, 1.165) is 30.4 Å². The first kappa shape index (κ1) is 41.2. The van der Waals surface area contributed by atoms with E-state index in [0.29, 0.717) is 25.2 Å². The molecular weight excluding hydrogens is 629 g/mol. The quantitative estimate of drug-likeness (QED) is 0.0929. The number of allylic oxidation sites excluding steroid dienone is 5. The smallest absolute Gasteiger partial charge is 0.317 e. The summed E-state index contributed by atoms with van der Waals surface area (Å²) < 4.78 is 27.7. The largest absolute Gasteiger partial charge is 0.459 e. The van der Waals surface area contributed by atoms with Crippen molar-refractivity contribution in [1.82, 2.24) is 0 Å². The Balaban J connectivity index is 2.26. The minimum absolute atomic E-state index is 0.0819. The van der Waals surface area contributed by atoms with E-state index in [1.54, 1.807) is 12.7 Å². The molecule has 2 saturated carbocycles. The van der Waals surface area contributed by atoms with Gasteiger partial charge >= 0.3 is 5.97 Å². The molecule has 5 atom stereocenters. The molecule has 0 heterocycles. The van der Waals surface area contributed by atoms with Crippen molar-refractivity contribution < 1.29 is 23.1 Å². The normalized spacial score (nSPS) is 30.9. The van der Waals surface area contributed by atoms with Crippen LogP contribution in [-0.4, -0.2) is 47.2 Å². The van der Waals surface area contributed by atoms with Gasteiger partial charge in [0, 0.05) is 13.5 Å². The number of carbonyl (C=O) groups excluding carboxylic acids is 1. The van der Waals surface area contributed by atoms with Gasteiger partial charge in [-0.15, -0.1) is 0 Å². The highest BCUT2D eigenvalue weighted by Crippen LogP contribution is 2.56. The van der Waals surface area contributed by atoms with E-state index >= 15 is 0 Å². The minimum Gasteiger partial charge on any atom is -0.459 e. The van der Waals surface area contributed by atoms with Crippen molar-refractivity contribution in [3.05, 3.63) is 47.1 Å². The van der Waals surface area contributed by atoms with Gasteiger partial charge in [0.2, 0.25) is 0 Å². The predicted molar refractivity (Wildman–Crippen MR) is 207 cm³/mol. The molecule has 48 heavy (non-hydrogen) atoms. The Morgan fingerprint density at radius 1 is 0.979 bits per heavy atom. The second-order valence-electron chi connectivity index (χ2n) is 18.5. The molecule has 3 aliphatic rings. The molecule has 0 saturated heterocycles. The van der Waals surface area contributed by atoms with Crippen LogP contribution >= 0.6 is 0 Å². The van der Waals surface area contributed by atoms with Gasteiger partial charge in [-0.1, -0.05) is 105 Å². The Bertz CT molecular complexity index is 1290. The molecule has 0 aromatic carbocycles. The zero-order valence-electron chi connectivity index (χ0n) is 33.9. The lowest BCUT2D eigenvalue weighted by molar-refractivity contribution is -0.239. The summed E-state index contributed by atoms with van der Waals surface area (Å²) in [5, 5.41) is -0.190. The third kappa shape index (κ3) is 7.96. The van der Waals surface area contributed by atoms with Crippen LogP contribution < -0.4 is 0 Å². The number of hydrogen-bond acceptors (Lipinski definition) is 5. The van der Waals surface area contributed by atoms with Gasteiger partial charge in [-0.25, -0.2) is 0 Å². The molecule has 0 aromatic rings. The topological polar surface area (TPSA) is 54.0 Å². The number of esters is 1. The molecule has 0 spiro atoms. The lowest BCUT2D eigenvalue weighted by atomic mass is 9.64. The molecule has 7 heteroatoms. The molecule has 0 amide bonds. The van der Waals surface area contributed by atoms with Crippen LogP contribution in [0.5, 0.6) is 0 Å². The fourth-order valence-electron chi connectivity index (χ4n) is 7.49. The zero-order valence-corrected chi connectivity index (χ0v) is 35.9. The highest BCUT2D eigenvalue weighted by Gasteiger charge is 2.60. The van der Waals surface area contributed by atoms with Crippen molar-refractivity contribution in [2.24, 2.45) is 17.3 Å². The fourth-order valence-corrected chi connectivity index (χ4v) is 10.2. The molecule has 2 unspecified atom stereocenters. The summed E-state index contributed by atoms with van der Waals surface area (Å²) in [5.74, 6) is -1.89. The maximum Gasteiger partial charge on any atom is 0.317 e. The third-order valence-electron chi connectivity index (χ3n) is 13.5. The molecule has 0 aromatic heterocycles. The number of methoxy groups -OCH3 is 1. The highest BCUT2D eigenvalue weighted by atomic mass is 28.4. The average Bonchev–Trinajstić information content (AvgIpc) is 3.32. The predicted octanol–water partition coefficient (Wildman–Crippen LogP) is 11.8. The first-order chi connectivity index (χ1) is 21.9. The summed E-state index contributed by atoms with van der Waals surface area (Å²) in [6, 6.07) is 0. The average molecular weight is 701 g/mol. The van der Waals surface area contributed by atoms with Gasteiger partial charge in [-0.05, 0) is 111 Å². The van der Waals surface area contributed by atoms with E-state index in [4.69, 9.17) is 24.9 Å². The first-order valence-electron chi connectivity index (χ1n) is 18.8. The van der Waals surface area contributed by atoms with E-state index in [-0.39, 0.29) is 21.5 Å². The van der Waals surface area contributed by atoms with Gasteiger partial charge in [0.15, 0.2) is 22.4 Å². The third-order valence-corrected chi connectivity index (χ3v) is 22.4. The lowest BCUT2D eigenvalue weighted by Crippen LogP contribution is -2.63. The van der Waals surface area contributed by atoms with Gasteiger partial charge < -0.3 is 18.3 Å². The van der Waals surface area contributed by atoms with Gasteiger partial charge in [0.1, 0.15) is 11.5 Å². The van der Waals surface area contributed by atoms with Crippen LogP contribution in [0.25, 0.3) is 0 Å². The van der Waals surface area contributed by atoms with Crippen molar-refractivity contribution in [3.63, 3.8) is 0 Å². The minimum atomic E-state index is -2.48. The Hall–Kier alpha value is -1.26. The van der Waals surface area contributed by atoms with Gasteiger partial charge in [-0.3, -0.25) is 4.79 Å². The number of fused-ring (bicyclic) bond motifs is 1. The van der Waals surface area contributed by atoms with E-state index in [1.807, 2.05) is 6.92 Å². The maximum absolute atomic E-state index is 14.8. The van der Waals surface area contributed by atoms with Crippen LogP contribution in [0, 0.1) is 17.3 Å². The van der Waals surface area contributed by atoms with Gasteiger partial charge in [0.25, 0.3) is 0 Å². The van der Waals surface area contributed by atoms with E-state index in [2.05, 4.69) is 114 Å². The number of carbonyl (C=O) groups is 1. The SMILES string of the molecule is C=C1C(=CC=C2CCC[C@]3(C)C(CC)=CC[C@@H]23)C[C@@](OC)(O[Si](C)(C)C(C)(C)C)C(C(=O)OC(C)(CC)CC)C1O[Si](C)(C)C(C)(C)C. The maximum atomic E-state index is 14.8. The summed E-state index contributed by atoms with van der Waals surface area (Å²) in [6.45, 7) is 38.0. The molecule has 0 bridgehead atoms. The molecule has 0 radical (unpaired) electrons. The van der Waals surface area contributed by atoms with Crippen LogP contribution in [0.15, 0.2) is 47.1 Å². The Kier molecular flexibility index (Phi) is 12.4. The molecule has 0 aliphatic heterocycles. The van der Waals surface area contributed by atoms with Gasteiger partial charge in [0.05, 0.1) is 6.10 Å². The standard InChI is InChI=1S/C41H72O5Si2/c1-18-32-25-26-33-30(22-21-27-40(32,33)12)23-24-31-28-41(43-13,46-48(16,17)38(8,9)10)34(36(42)44-39(11,19-2)20-3)35(29(31)4)45-47(14,15)37(5,6)7/h23-25,33-35H,4,18-22,26-28H2,1-3,5-17H3/t33-,34?,35?,40+,41+/m0/s1. The number of hydrogen-bond donors (Lipinski definition) is 0. The van der Waals surface area contributed by atoms with Crippen LogP contribution in [0.1, 0.15) is 128 Å². The first-order valence-corrected chi connectivity index (χ1v) is 24.6. The molecule has 2 fully saturated rings. The Labute approximate surface area is 297 Å². The van der Waals surface area contributed by atoms with Crippen molar-refractivity contribution in [2.45, 2.75) is 181 Å². The fraction of sp³-hybridized carbons (Fsp3) is 0.780. The monoisotopic (exact) mass is 700 g/mol. The summed E-state index contributed by atoms with van der Waals surface area (Å²) in [6.07, 6.45) is 14.1. The van der Waals surface area contributed by atoms with Crippen molar-refractivity contribution >= 4 is 22.6 Å². The van der Waals surface area contributed by atoms with Crippen molar-refractivity contribution in [2.75, 3.05) is 7.11 Å². The highest BCUT2D eigenvalue weighted by molar-refractivity contribution is 6.74. The number of ether oxygens (including phenoxy) is 2. The zero-order chi connectivity index (χ0) is 36.7. The molecule has 274 valence electrons. The van der Waals surface area contributed by atoms with Crippen LogP contribution in [0.4, 0.5) is 0 Å². The molecule has 5 nitrogen and oxygen atoms in total. The molecular formula is C41H72O5Si2. The summed E-state index contributed by atoms with van der Waals surface area (Å²) in [5.41, 5.74) is 4.66.